The first-order valence-electron chi connectivity index (χ1n) is 4.06. The molecule has 0 nitrogen and oxygen atoms in total. The van der Waals surface area contributed by atoms with Crippen molar-refractivity contribution < 1.29 is 0 Å². The van der Waals surface area contributed by atoms with Gasteiger partial charge in [-0.25, -0.2) is 0 Å². The number of hydrogen-bond donors (Lipinski definition) is 1. The quantitative estimate of drug-likeness (QED) is 0.557. The maximum atomic E-state index is 4.28. The molecule has 0 saturated carbocycles. The minimum atomic E-state index is 0.648. The average Bonchev–Trinajstić information content (AvgIpc) is 1.94. The summed E-state index contributed by atoms with van der Waals surface area (Å²) in [6.07, 6.45) is 0. The maximum absolute atomic E-state index is 4.28. The molecular formula is C10H14S2. The molecule has 2 heteroatoms. The van der Waals surface area contributed by atoms with Crippen LogP contribution in [0.25, 0.3) is 0 Å². The summed E-state index contributed by atoms with van der Waals surface area (Å²) in [5.41, 5.74) is 1.32. The van der Waals surface area contributed by atoms with E-state index in [-0.39, 0.29) is 0 Å². The molecule has 0 amide bonds. The molecule has 0 heterocycles. The van der Waals surface area contributed by atoms with Crippen LogP contribution >= 0.6 is 24.4 Å². The number of hydrogen-bond acceptors (Lipinski definition) is 2. The van der Waals surface area contributed by atoms with Gasteiger partial charge in [-0.1, -0.05) is 13.8 Å². The third-order valence-corrected chi connectivity index (χ3v) is 2.98. The number of thioether (sulfide) groups is 1. The normalized spacial score (nSPS) is 10.8. The lowest BCUT2D eigenvalue weighted by Gasteiger charge is -2.08. The van der Waals surface area contributed by atoms with E-state index in [4.69, 9.17) is 0 Å². The number of rotatable bonds is 2. The lowest BCUT2D eigenvalue weighted by Crippen LogP contribution is -1.88. The zero-order valence-electron chi connectivity index (χ0n) is 7.66. The SMILES string of the molecule is Cc1cc(S)ccc1SC(C)C. The topological polar surface area (TPSA) is 0 Å². The lowest BCUT2D eigenvalue weighted by molar-refractivity contribution is 1.10. The molecule has 0 radical (unpaired) electrons. The summed E-state index contributed by atoms with van der Waals surface area (Å²) in [4.78, 5) is 2.41. The highest BCUT2D eigenvalue weighted by atomic mass is 32.2. The maximum Gasteiger partial charge on any atom is 0.0105 e. The van der Waals surface area contributed by atoms with Crippen LogP contribution in [0.3, 0.4) is 0 Å². The fourth-order valence-corrected chi connectivity index (χ4v) is 2.19. The fourth-order valence-electron chi connectivity index (χ4n) is 1.02. The Morgan fingerprint density at radius 3 is 2.50 bits per heavy atom. The van der Waals surface area contributed by atoms with Crippen molar-refractivity contribution in [1.29, 1.82) is 0 Å². The van der Waals surface area contributed by atoms with Gasteiger partial charge in [0.25, 0.3) is 0 Å². The molecule has 0 aromatic heterocycles. The molecule has 1 rings (SSSR count). The zero-order valence-corrected chi connectivity index (χ0v) is 9.38. The molecular weight excluding hydrogens is 184 g/mol. The summed E-state index contributed by atoms with van der Waals surface area (Å²) in [5.74, 6) is 0. The van der Waals surface area contributed by atoms with E-state index in [0.717, 1.165) is 4.90 Å². The summed E-state index contributed by atoms with van der Waals surface area (Å²) < 4.78 is 0. The molecule has 1 aromatic rings. The van der Waals surface area contributed by atoms with E-state index < -0.39 is 0 Å². The van der Waals surface area contributed by atoms with E-state index in [1.54, 1.807) is 0 Å². The van der Waals surface area contributed by atoms with E-state index in [9.17, 15) is 0 Å². The molecule has 0 aliphatic rings. The van der Waals surface area contributed by atoms with Crippen LogP contribution in [-0.2, 0) is 0 Å². The van der Waals surface area contributed by atoms with Crippen molar-refractivity contribution in [3.8, 4) is 0 Å². The standard InChI is InChI=1S/C10H14S2/c1-7(2)12-10-5-4-9(11)6-8(10)3/h4-7,11H,1-3H3. The predicted molar refractivity (Wildman–Crippen MR) is 59.4 cm³/mol. The summed E-state index contributed by atoms with van der Waals surface area (Å²) in [6.45, 7) is 6.54. The van der Waals surface area contributed by atoms with Crippen molar-refractivity contribution in [2.24, 2.45) is 0 Å². The van der Waals surface area contributed by atoms with Crippen molar-refractivity contribution in [3.05, 3.63) is 23.8 Å². The molecule has 0 spiro atoms. The molecule has 66 valence electrons. The van der Waals surface area contributed by atoms with Gasteiger partial charge in [0.1, 0.15) is 0 Å². The second kappa shape index (κ2) is 4.24. The molecule has 0 N–H and O–H groups in total. The Bertz CT molecular complexity index is 267. The van der Waals surface area contributed by atoms with E-state index in [0.29, 0.717) is 5.25 Å². The Hall–Kier alpha value is -0.0800. The smallest absolute Gasteiger partial charge is 0.0105 e. The van der Waals surface area contributed by atoms with Crippen molar-refractivity contribution in [1.82, 2.24) is 0 Å². The van der Waals surface area contributed by atoms with Crippen molar-refractivity contribution in [2.75, 3.05) is 0 Å². The highest BCUT2D eigenvalue weighted by molar-refractivity contribution is 8.00. The first kappa shape index (κ1) is 10.0. The van der Waals surface area contributed by atoms with Crippen LogP contribution in [0.5, 0.6) is 0 Å². The fraction of sp³-hybridized carbons (Fsp3) is 0.400. The number of aryl methyl sites for hydroxylation is 1. The molecule has 0 unspecified atom stereocenters. The van der Waals surface area contributed by atoms with Gasteiger partial charge in [0, 0.05) is 15.0 Å². The Morgan fingerprint density at radius 1 is 1.33 bits per heavy atom. The van der Waals surface area contributed by atoms with Crippen molar-refractivity contribution >= 4 is 24.4 Å². The van der Waals surface area contributed by atoms with Gasteiger partial charge >= 0.3 is 0 Å². The Labute approximate surface area is 84.2 Å². The molecule has 0 aliphatic carbocycles. The molecule has 0 saturated heterocycles. The second-order valence-corrected chi connectivity index (χ2v) is 5.25. The third kappa shape index (κ3) is 2.76. The minimum absolute atomic E-state index is 0.648. The molecule has 1 aromatic carbocycles. The lowest BCUT2D eigenvalue weighted by atomic mass is 10.2. The van der Waals surface area contributed by atoms with Gasteiger partial charge in [-0.05, 0) is 30.7 Å². The van der Waals surface area contributed by atoms with Crippen LogP contribution in [0.15, 0.2) is 28.0 Å². The number of benzene rings is 1. The highest BCUT2D eigenvalue weighted by Crippen LogP contribution is 2.27. The minimum Gasteiger partial charge on any atom is -0.143 e. The summed E-state index contributed by atoms with van der Waals surface area (Å²) in [6, 6.07) is 6.29. The van der Waals surface area contributed by atoms with Gasteiger partial charge in [-0.2, -0.15) is 0 Å². The van der Waals surface area contributed by atoms with E-state index >= 15 is 0 Å². The Kier molecular flexibility index (Phi) is 3.53. The molecule has 0 aliphatic heterocycles. The van der Waals surface area contributed by atoms with Crippen molar-refractivity contribution in [3.63, 3.8) is 0 Å². The van der Waals surface area contributed by atoms with Crippen molar-refractivity contribution in [2.45, 2.75) is 35.8 Å². The summed E-state index contributed by atoms with van der Waals surface area (Å²) in [7, 11) is 0. The second-order valence-electron chi connectivity index (χ2n) is 3.12. The highest BCUT2D eigenvalue weighted by Gasteiger charge is 2.01. The van der Waals surface area contributed by atoms with Gasteiger partial charge in [0.15, 0.2) is 0 Å². The van der Waals surface area contributed by atoms with Crippen LogP contribution in [-0.4, -0.2) is 5.25 Å². The van der Waals surface area contributed by atoms with Crippen LogP contribution < -0.4 is 0 Å². The molecule has 12 heavy (non-hydrogen) atoms. The third-order valence-electron chi connectivity index (χ3n) is 1.52. The number of thiol groups is 1. The summed E-state index contributed by atoms with van der Waals surface area (Å²) in [5, 5.41) is 0.648. The van der Waals surface area contributed by atoms with Crippen LogP contribution in [0.4, 0.5) is 0 Å². The van der Waals surface area contributed by atoms with Crippen LogP contribution in [0.1, 0.15) is 19.4 Å². The monoisotopic (exact) mass is 198 g/mol. The first-order valence-corrected chi connectivity index (χ1v) is 5.38. The van der Waals surface area contributed by atoms with Gasteiger partial charge in [-0.15, -0.1) is 24.4 Å². The van der Waals surface area contributed by atoms with E-state index in [2.05, 4.69) is 45.5 Å². The first-order chi connectivity index (χ1) is 5.59. The van der Waals surface area contributed by atoms with Gasteiger partial charge in [0.2, 0.25) is 0 Å². The zero-order chi connectivity index (χ0) is 9.14. The Balaban J connectivity index is 2.86. The molecule has 0 fully saturated rings. The van der Waals surface area contributed by atoms with Gasteiger partial charge < -0.3 is 0 Å². The summed E-state index contributed by atoms with van der Waals surface area (Å²) >= 11 is 6.18. The predicted octanol–water partition coefficient (Wildman–Crippen LogP) is 3.78. The van der Waals surface area contributed by atoms with Gasteiger partial charge in [0.05, 0.1) is 0 Å². The molecule has 0 atom stereocenters. The Morgan fingerprint density at radius 2 is 2.00 bits per heavy atom. The molecule has 0 bridgehead atoms. The van der Waals surface area contributed by atoms with E-state index in [1.165, 1.54) is 10.5 Å². The van der Waals surface area contributed by atoms with Crippen LogP contribution in [0.2, 0.25) is 0 Å². The average molecular weight is 198 g/mol. The van der Waals surface area contributed by atoms with Crippen LogP contribution in [0, 0.1) is 6.92 Å². The largest absolute Gasteiger partial charge is 0.143 e. The van der Waals surface area contributed by atoms with Gasteiger partial charge in [-0.3, -0.25) is 0 Å². The van der Waals surface area contributed by atoms with E-state index in [1.807, 2.05) is 17.8 Å².